The normalized spacial score (nSPS) is 12.3. The van der Waals surface area contributed by atoms with Crippen LogP contribution in [0, 0.1) is 5.82 Å². The summed E-state index contributed by atoms with van der Waals surface area (Å²) in [5.74, 6) is 0.130. The van der Waals surface area contributed by atoms with Crippen molar-refractivity contribution in [1.82, 2.24) is 0 Å². The molecule has 2 nitrogen and oxygen atoms in total. The molecule has 0 aliphatic heterocycles. The van der Waals surface area contributed by atoms with Gasteiger partial charge in [0.05, 0.1) is 18.2 Å². The number of methoxy groups -OCH3 is 1. The Bertz CT molecular complexity index is 604. The lowest BCUT2D eigenvalue weighted by Crippen LogP contribution is -2.13. The second-order valence-corrected chi connectivity index (χ2v) is 4.79. The molecule has 0 spiro atoms. The van der Waals surface area contributed by atoms with Gasteiger partial charge in [0.25, 0.3) is 0 Å². The first-order valence-corrected chi connectivity index (χ1v) is 6.33. The van der Waals surface area contributed by atoms with Gasteiger partial charge in [0.15, 0.2) is 0 Å². The van der Waals surface area contributed by atoms with Gasteiger partial charge in [0.2, 0.25) is 0 Å². The standard InChI is InChI=1S/C14H12Cl2FNO/c1-19-8-5-6-9(11(15)7-8)14(18)10-3-2-4-12(17)13(10)16/h2-7,14H,18H2,1H3. The predicted octanol–water partition coefficient (Wildman–Crippen LogP) is 4.19. The van der Waals surface area contributed by atoms with E-state index in [4.69, 9.17) is 33.7 Å². The van der Waals surface area contributed by atoms with Gasteiger partial charge in [-0.05, 0) is 29.3 Å². The van der Waals surface area contributed by atoms with Crippen LogP contribution >= 0.6 is 23.2 Å². The van der Waals surface area contributed by atoms with Gasteiger partial charge in [-0.1, -0.05) is 41.4 Å². The smallest absolute Gasteiger partial charge is 0.142 e. The molecule has 5 heteroatoms. The van der Waals surface area contributed by atoms with Crippen LogP contribution in [0.5, 0.6) is 5.75 Å². The summed E-state index contributed by atoms with van der Waals surface area (Å²) >= 11 is 12.1. The van der Waals surface area contributed by atoms with E-state index in [-0.39, 0.29) is 5.02 Å². The Balaban J connectivity index is 2.44. The van der Waals surface area contributed by atoms with Crippen molar-refractivity contribution in [2.24, 2.45) is 5.73 Å². The largest absolute Gasteiger partial charge is 0.497 e. The van der Waals surface area contributed by atoms with Crippen molar-refractivity contribution in [3.63, 3.8) is 0 Å². The molecular weight excluding hydrogens is 288 g/mol. The minimum atomic E-state index is -0.596. The Labute approximate surface area is 120 Å². The highest BCUT2D eigenvalue weighted by molar-refractivity contribution is 6.32. The summed E-state index contributed by atoms with van der Waals surface area (Å²) in [4.78, 5) is 0. The first-order chi connectivity index (χ1) is 9.04. The van der Waals surface area contributed by atoms with E-state index < -0.39 is 11.9 Å². The van der Waals surface area contributed by atoms with Crippen LogP contribution in [-0.2, 0) is 0 Å². The molecule has 1 atom stereocenters. The average Bonchev–Trinajstić information content (AvgIpc) is 2.41. The van der Waals surface area contributed by atoms with E-state index in [2.05, 4.69) is 0 Å². The van der Waals surface area contributed by atoms with Crippen LogP contribution in [-0.4, -0.2) is 7.11 Å². The van der Waals surface area contributed by atoms with E-state index in [9.17, 15) is 4.39 Å². The zero-order valence-corrected chi connectivity index (χ0v) is 11.7. The third kappa shape index (κ3) is 2.84. The number of rotatable bonds is 3. The molecule has 0 bridgehead atoms. The monoisotopic (exact) mass is 299 g/mol. The van der Waals surface area contributed by atoms with Gasteiger partial charge in [-0.2, -0.15) is 0 Å². The van der Waals surface area contributed by atoms with Crippen molar-refractivity contribution in [3.8, 4) is 5.75 Å². The molecule has 1 unspecified atom stereocenters. The maximum Gasteiger partial charge on any atom is 0.142 e. The molecular formula is C14H12Cl2FNO. The fourth-order valence-electron chi connectivity index (χ4n) is 1.82. The molecule has 2 aromatic carbocycles. The lowest BCUT2D eigenvalue weighted by Gasteiger charge is -2.16. The third-order valence-corrected chi connectivity index (χ3v) is 3.59. The molecule has 19 heavy (non-hydrogen) atoms. The number of nitrogens with two attached hydrogens (primary N) is 1. The number of ether oxygens (including phenoxy) is 1. The minimum absolute atomic E-state index is 0.0156. The van der Waals surface area contributed by atoms with Crippen LogP contribution in [0.25, 0.3) is 0 Å². The zero-order chi connectivity index (χ0) is 14.0. The Kier molecular flexibility index (Phi) is 4.30. The maximum atomic E-state index is 13.4. The van der Waals surface area contributed by atoms with Gasteiger partial charge in [0.1, 0.15) is 11.6 Å². The van der Waals surface area contributed by atoms with Gasteiger partial charge >= 0.3 is 0 Å². The highest BCUT2D eigenvalue weighted by atomic mass is 35.5. The molecule has 0 aliphatic carbocycles. The second kappa shape index (κ2) is 5.78. The van der Waals surface area contributed by atoms with Gasteiger partial charge < -0.3 is 10.5 Å². The van der Waals surface area contributed by atoms with Crippen molar-refractivity contribution in [1.29, 1.82) is 0 Å². The van der Waals surface area contributed by atoms with Crippen molar-refractivity contribution >= 4 is 23.2 Å². The van der Waals surface area contributed by atoms with Gasteiger partial charge in [-0.25, -0.2) is 4.39 Å². The number of hydrogen-bond donors (Lipinski definition) is 1. The first kappa shape index (κ1) is 14.1. The van der Waals surface area contributed by atoms with Crippen molar-refractivity contribution < 1.29 is 9.13 Å². The molecule has 2 aromatic rings. The van der Waals surface area contributed by atoms with Crippen molar-refractivity contribution in [2.75, 3.05) is 7.11 Å². The van der Waals surface area contributed by atoms with E-state index in [1.807, 2.05) is 0 Å². The number of benzene rings is 2. The van der Waals surface area contributed by atoms with Crippen LogP contribution in [0.1, 0.15) is 17.2 Å². The highest BCUT2D eigenvalue weighted by Crippen LogP contribution is 2.33. The Morgan fingerprint density at radius 2 is 1.89 bits per heavy atom. The molecule has 0 radical (unpaired) electrons. The molecule has 0 fully saturated rings. The topological polar surface area (TPSA) is 35.2 Å². The molecule has 2 N–H and O–H groups in total. The molecule has 0 aromatic heterocycles. The Morgan fingerprint density at radius 1 is 1.16 bits per heavy atom. The lowest BCUT2D eigenvalue weighted by atomic mass is 9.99. The Morgan fingerprint density at radius 3 is 2.53 bits per heavy atom. The summed E-state index contributed by atoms with van der Waals surface area (Å²) in [6, 6.07) is 9.07. The maximum absolute atomic E-state index is 13.4. The molecule has 2 rings (SSSR count). The van der Waals surface area contributed by atoms with Gasteiger partial charge in [-0.3, -0.25) is 0 Å². The van der Waals surface area contributed by atoms with E-state index in [1.54, 1.807) is 37.4 Å². The van der Waals surface area contributed by atoms with Crippen molar-refractivity contribution in [3.05, 3.63) is 63.4 Å². The zero-order valence-electron chi connectivity index (χ0n) is 10.2. The average molecular weight is 300 g/mol. The quantitative estimate of drug-likeness (QED) is 0.922. The van der Waals surface area contributed by atoms with E-state index in [1.165, 1.54) is 6.07 Å². The first-order valence-electron chi connectivity index (χ1n) is 5.57. The van der Waals surface area contributed by atoms with E-state index in [0.717, 1.165) is 0 Å². The summed E-state index contributed by atoms with van der Waals surface area (Å²) in [7, 11) is 1.55. The van der Waals surface area contributed by atoms with Crippen LogP contribution in [0.4, 0.5) is 4.39 Å². The van der Waals surface area contributed by atoms with Crippen LogP contribution in [0.2, 0.25) is 10.0 Å². The second-order valence-electron chi connectivity index (χ2n) is 4.01. The molecule has 0 saturated heterocycles. The summed E-state index contributed by atoms with van der Waals surface area (Å²) < 4.78 is 18.5. The Hall–Kier alpha value is -1.29. The van der Waals surface area contributed by atoms with E-state index in [0.29, 0.717) is 21.9 Å². The SMILES string of the molecule is COc1ccc(C(N)c2cccc(F)c2Cl)c(Cl)c1. The fourth-order valence-corrected chi connectivity index (χ4v) is 2.35. The van der Waals surface area contributed by atoms with Crippen LogP contribution in [0.15, 0.2) is 36.4 Å². The van der Waals surface area contributed by atoms with Gasteiger partial charge in [-0.15, -0.1) is 0 Å². The molecule has 0 aliphatic rings. The number of halogens is 3. The minimum Gasteiger partial charge on any atom is -0.497 e. The van der Waals surface area contributed by atoms with Gasteiger partial charge in [0, 0.05) is 5.02 Å². The third-order valence-electron chi connectivity index (χ3n) is 2.86. The molecule has 0 heterocycles. The molecule has 0 saturated carbocycles. The highest BCUT2D eigenvalue weighted by Gasteiger charge is 2.17. The fraction of sp³-hybridized carbons (Fsp3) is 0.143. The van der Waals surface area contributed by atoms with E-state index >= 15 is 0 Å². The van der Waals surface area contributed by atoms with Crippen LogP contribution in [0.3, 0.4) is 0 Å². The predicted molar refractivity (Wildman–Crippen MR) is 75.4 cm³/mol. The summed E-state index contributed by atoms with van der Waals surface area (Å²) in [5.41, 5.74) is 7.26. The summed E-state index contributed by atoms with van der Waals surface area (Å²) in [6.45, 7) is 0. The van der Waals surface area contributed by atoms with Crippen molar-refractivity contribution in [2.45, 2.75) is 6.04 Å². The summed E-state index contributed by atoms with van der Waals surface area (Å²) in [5, 5.41) is 0.467. The molecule has 100 valence electrons. The summed E-state index contributed by atoms with van der Waals surface area (Å²) in [6.07, 6.45) is 0. The number of hydrogen-bond acceptors (Lipinski definition) is 2. The molecule has 0 amide bonds. The lowest BCUT2D eigenvalue weighted by molar-refractivity contribution is 0.414. The van der Waals surface area contributed by atoms with Crippen LogP contribution < -0.4 is 10.5 Å².